The van der Waals surface area contributed by atoms with Gasteiger partial charge in [-0.3, -0.25) is 19.2 Å². The molecule has 12 nitrogen and oxygen atoms in total. The molecule has 1 rings (SSSR count). The van der Waals surface area contributed by atoms with Gasteiger partial charge in [-0.1, -0.05) is 0 Å². The van der Waals surface area contributed by atoms with Gasteiger partial charge in [0.25, 0.3) is 0 Å². The monoisotopic (exact) mass is 401 g/mol. The Kier molecular flexibility index (Phi) is 8.79. The predicted octanol–water partition coefficient (Wildman–Crippen LogP) is -3.36. The van der Waals surface area contributed by atoms with Gasteiger partial charge < -0.3 is 37.2 Å². The molecule has 0 radical (unpaired) electrons. The van der Waals surface area contributed by atoms with Crippen LogP contribution in [0.25, 0.3) is 0 Å². The summed E-state index contributed by atoms with van der Waals surface area (Å²) in [6, 6.07) is -4.44. The minimum absolute atomic E-state index is 0.168. The van der Waals surface area contributed by atoms with Gasteiger partial charge in [0.05, 0.1) is 12.6 Å². The minimum Gasteiger partial charge on any atom is -0.480 e. The van der Waals surface area contributed by atoms with Crippen molar-refractivity contribution in [1.29, 1.82) is 0 Å². The molecular weight excluding hydrogens is 374 g/mol. The first kappa shape index (κ1) is 23.3. The van der Waals surface area contributed by atoms with Gasteiger partial charge >= 0.3 is 5.97 Å². The fourth-order valence-corrected chi connectivity index (χ4v) is 2.85. The number of primary amides is 1. The summed E-state index contributed by atoms with van der Waals surface area (Å²) >= 11 is 0. The van der Waals surface area contributed by atoms with Gasteiger partial charge in [-0.15, -0.1) is 0 Å². The Hall–Kier alpha value is -2.73. The normalized spacial score (nSPS) is 19.4. The molecule has 1 aliphatic heterocycles. The molecule has 0 spiro atoms. The number of likely N-dealkylation sites (tertiary alicyclic amines) is 1. The van der Waals surface area contributed by atoms with Crippen molar-refractivity contribution in [2.24, 2.45) is 11.5 Å². The van der Waals surface area contributed by atoms with Gasteiger partial charge in [-0.2, -0.15) is 0 Å². The summed E-state index contributed by atoms with van der Waals surface area (Å²) in [4.78, 5) is 60.5. The first-order chi connectivity index (χ1) is 13.1. The molecule has 0 aromatic carbocycles. The Morgan fingerprint density at radius 3 is 2.32 bits per heavy atom. The molecule has 1 heterocycles. The smallest absolute Gasteiger partial charge is 0.328 e. The maximum absolute atomic E-state index is 12.6. The van der Waals surface area contributed by atoms with E-state index in [0.717, 1.165) is 0 Å². The van der Waals surface area contributed by atoms with Gasteiger partial charge in [-0.25, -0.2) is 4.79 Å². The summed E-state index contributed by atoms with van der Waals surface area (Å²) in [5.41, 5.74) is 10.7. The second-order valence-corrected chi connectivity index (χ2v) is 6.63. The summed E-state index contributed by atoms with van der Waals surface area (Å²) in [7, 11) is 0. The summed E-state index contributed by atoms with van der Waals surface area (Å²) in [6.07, 6.45) is 0.560. The standard InChI is InChI=1S/C16H27N5O7/c1-8(17)15(26)21-6-2-3-11(21)14(25)19-9(4-5-12(18)23)13(24)20-10(7-22)16(27)28/h8-11,22H,2-7,17H2,1H3,(H2,18,23)(H,19,25)(H,20,24)(H,27,28). The Morgan fingerprint density at radius 1 is 1.18 bits per heavy atom. The van der Waals surface area contributed by atoms with Gasteiger partial charge in [0, 0.05) is 13.0 Å². The van der Waals surface area contributed by atoms with E-state index in [-0.39, 0.29) is 12.8 Å². The molecule has 4 unspecified atom stereocenters. The van der Waals surface area contributed by atoms with E-state index in [9.17, 15) is 24.0 Å². The molecule has 4 atom stereocenters. The van der Waals surface area contributed by atoms with E-state index in [1.807, 2.05) is 0 Å². The number of amides is 4. The van der Waals surface area contributed by atoms with E-state index >= 15 is 0 Å². The van der Waals surface area contributed by atoms with Crippen LogP contribution in [0.5, 0.6) is 0 Å². The van der Waals surface area contributed by atoms with Crippen molar-refractivity contribution in [2.75, 3.05) is 13.2 Å². The molecule has 28 heavy (non-hydrogen) atoms. The SMILES string of the molecule is CC(N)C(=O)N1CCCC1C(=O)NC(CCC(N)=O)C(=O)NC(CO)C(=O)O. The average Bonchev–Trinajstić information content (AvgIpc) is 3.11. The van der Waals surface area contributed by atoms with Gasteiger partial charge in [0.15, 0.2) is 0 Å². The highest BCUT2D eigenvalue weighted by Gasteiger charge is 2.37. The van der Waals surface area contributed by atoms with Crippen LogP contribution in [0.15, 0.2) is 0 Å². The number of aliphatic hydroxyl groups is 1. The van der Waals surface area contributed by atoms with Crippen LogP contribution in [0.1, 0.15) is 32.6 Å². The maximum atomic E-state index is 12.6. The van der Waals surface area contributed by atoms with E-state index in [1.54, 1.807) is 0 Å². The molecule has 1 fully saturated rings. The minimum atomic E-state index is -1.57. The number of carbonyl (C=O) groups excluding carboxylic acids is 4. The first-order valence-electron chi connectivity index (χ1n) is 8.87. The number of carbonyl (C=O) groups is 5. The van der Waals surface area contributed by atoms with Gasteiger partial charge in [-0.05, 0) is 26.2 Å². The third-order valence-corrected chi connectivity index (χ3v) is 4.34. The number of aliphatic hydroxyl groups excluding tert-OH is 1. The van der Waals surface area contributed by atoms with E-state index in [1.165, 1.54) is 11.8 Å². The zero-order valence-corrected chi connectivity index (χ0v) is 15.6. The summed E-state index contributed by atoms with van der Waals surface area (Å²) in [5.74, 6) is -4.08. The number of nitrogens with one attached hydrogen (secondary N) is 2. The third kappa shape index (κ3) is 6.46. The summed E-state index contributed by atoms with van der Waals surface area (Å²) in [5, 5.41) is 22.5. The van der Waals surface area contributed by atoms with Crippen LogP contribution in [-0.4, -0.2) is 82.0 Å². The fraction of sp³-hybridized carbons (Fsp3) is 0.688. The molecule has 0 saturated carbocycles. The second-order valence-electron chi connectivity index (χ2n) is 6.63. The Labute approximate surface area is 161 Å². The topological polar surface area (TPSA) is 205 Å². The van der Waals surface area contributed by atoms with Crippen LogP contribution in [0, 0.1) is 0 Å². The number of nitrogens with zero attached hydrogens (tertiary/aromatic N) is 1. The number of hydrogen-bond acceptors (Lipinski definition) is 7. The Bertz CT molecular complexity index is 625. The van der Waals surface area contributed by atoms with Crippen molar-refractivity contribution in [3.8, 4) is 0 Å². The Morgan fingerprint density at radius 2 is 1.82 bits per heavy atom. The average molecular weight is 401 g/mol. The molecule has 158 valence electrons. The number of carboxylic acid groups (broad SMARTS) is 1. The van der Waals surface area contributed by atoms with Crippen molar-refractivity contribution in [1.82, 2.24) is 15.5 Å². The highest BCUT2D eigenvalue weighted by Crippen LogP contribution is 2.18. The number of aliphatic carboxylic acids is 1. The fourth-order valence-electron chi connectivity index (χ4n) is 2.85. The lowest BCUT2D eigenvalue weighted by molar-refractivity contribution is -0.144. The third-order valence-electron chi connectivity index (χ3n) is 4.34. The lowest BCUT2D eigenvalue weighted by Gasteiger charge is -2.27. The van der Waals surface area contributed by atoms with Crippen LogP contribution in [0.3, 0.4) is 0 Å². The van der Waals surface area contributed by atoms with Crippen molar-refractivity contribution in [3.05, 3.63) is 0 Å². The zero-order chi connectivity index (χ0) is 21.4. The highest BCUT2D eigenvalue weighted by molar-refractivity contribution is 5.94. The van der Waals surface area contributed by atoms with Crippen molar-refractivity contribution in [2.45, 2.75) is 56.8 Å². The largest absolute Gasteiger partial charge is 0.480 e. The molecule has 0 bridgehead atoms. The van der Waals surface area contributed by atoms with Gasteiger partial charge in [0.2, 0.25) is 23.6 Å². The molecule has 12 heteroatoms. The van der Waals surface area contributed by atoms with Crippen molar-refractivity contribution >= 4 is 29.6 Å². The van der Waals surface area contributed by atoms with E-state index in [2.05, 4.69) is 10.6 Å². The van der Waals surface area contributed by atoms with Crippen LogP contribution in [0.4, 0.5) is 0 Å². The van der Waals surface area contributed by atoms with Gasteiger partial charge in [0.1, 0.15) is 18.1 Å². The summed E-state index contributed by atoms with van der Waals surface area (Å²) in [6.45, 7) is 0.999. The predicted molar refractivity (Wildman–Crippen MR) is 95.4 cm³/mol. The maximum Gasteiger partial charge on any atom is 0.328 e. The molecule has 0 aromatic heterocycles. The molecule has 1 aliphatic rings. The quantitative estimate of drug-likeness (QED) is 0.217. The highest BCUT2D eigenvalue weighted by atomic mass is 16.4. The van der Waals surface area contributed by atoms with E-state index in [4.69, 9.17) is 21.7 Å². The molecular formula is C16H27N5O7. The van der Waals surface area contributed by atoms with E-state index < -0.39 is 60.4 Å². The molecule has 0 aliphatic carbocycles. The summed E-state index contributed by atoms with van der Waals surface area (Å²) < 4.78 is 0. The first-order valence-corrected chi connectivity index (χ1v) is 8.87. The number of nitrogens with two attached hydrogens (primary N) is 2. The lowest BCUT2D eigenvalue weighted by Crippen LogP contribution is -2.57. The molecule has 8 N–H and O–H groups in total. The second kappa shape index (κ2) is 10.6. The molecule has 0 aromatic rings. The van der Waals surface area contributed by atoms with Crippen LogP contribution < -0.4 is 22.1 Å². The van der Waals surface area contributed by atoms with Crippen LogP contribution in [0.2, 0.25) is 0 Å². The number of hydrogen-bond donors (Lipinski definition) is 6. The molecule has 4 amide bonds. The zero-order valence-electron chi connectivity index (χ0n) is 15.6. The number of rotatable bonds is 10. The van der Waals surface area contributed by atoms with Crippen LogP contribution in [-0.2, 0) is 24.0 Å². The van der Waals surface area contributed by atoms with E-state index in [0.29, 0.717) is 19.4 Å². The van der Waals surface area contributed by atoms with Crippen LogP contribution >= 0.6 is 0 Å². The number of carboxylic acids is 1. The Balaban J connectivity index is 2.88. The van der Waals surface area contributed by atoms with Crippen molar-refractivity contribution in [3.63, 3.8) is 0 Å². The molecule has 1 saturated heterocycles. The van der Waals surface area contributed by atoms with Crippen molar-refractivity contribution < 1.29 is 34.2 Å². The lowest BCUT2D eigenvalue weighted by atomic mass is 10.1.